The van der Waals surface area contributed by atoms with E-state index in [-0.39, 0.29) is 6.04 Å². The maximum Gasteiger partial charge on any atom is 0.0423 e. The van der Waals surface area contributed by atoms with Crippen molar-refractivity contribution in [1.29, 1.82) is 0 Å². The minimum Gasteiger partial charge on any atom is -0.398 e. The third kappa shape index (κ3) is 2.10. The summed E-state index contributed by atoms with van der Waals surface area (Å²) >= 11 is 0. The molecule has 0 spiro atoms. The summed E-state index contributed by atoms with van der Waals surface area (Å²) in [5.41, 5.74) is 10.9. The zero-order chi connectivity index (χ0) is 13.2. The molecule has 19 heavy (non-hydrogen) atoms. The van der Waals surface area contributed by atoms with E-state index in [4.69, 9.17) is 5.73 Å². The Kier molecular flexibility index (Phi) is 3.22. The van der Waals surface area contributed by atoms with Crippen LogP contribution >= 0.6 is 0 Å². The summed E-state index contributed by atoms with van der Waals surface area (Å²) in [5.74, 6) is 0.479. The second kappa shape index (κ2) is 5.02. The highest BCUT2D eigenvalue weighted by molar-refractivity contribution is 5.49. The van der Waals surface area contributed by atoms with E-state index in [0.717, 1.165) is 17.7 Å². The average molecular weight is 253 g/mol. The molecule has 3 nitrogen and oxygen atoms in total. The fourth-order valence-electron chi connectivity index (χ4n) is 3.19. The topological polar surface area (TPSA) is 50.9 Å². The Morgan fingerprint density at radius 3 is 2.95 bits per heavy atom. The maximum atomic E-state index is 6.10. The lowest BCUT2D eigenvalue weighted by Crippen LogP contribution is -2.23. The third-order valence-corrected chi connectivity index (χ3v) is 4.11. The number of anilines is 1. The van der Waals surface area contributed by atoms with Crippen molar-refractivity contribution in [3.63, 3.8) is 0 Å². The molecule has 3 rings (SSSR count). The van der Waals surface area contributed by atoms with Gasteiger partial charge >= 0.3 is 0 Å². The first-order valence-corrected chi connectivity index (χ1v) is 6.75. The Bertz CT molecular complexity index is 580. The molecule has 98 valence electrons. The van der Waals surface area contributed by atoms with Gasteiger partial charge in [-0.1, -0.05) is 24.3 Å². The molecule has 1 aliphatic carbocycles. The van der Waals surface area contributed by atoms with E-state index in [2.05, 4.69) is 34.6 Å². The molecule has 2 unspecified atom stereocenters. The molecule has 3 N–H and O–H groups in total. The minimum absolute atomic E-state index is 0.234. The summed E-state index contributed by atoms with van der Waals surface area (Å²) in [6.45, 7) is 0. The molecule has 0 aliphatic heterocycles. The molecule has 2 atom stereocenters. The van der Waals surface area contributed by atoms with Crippen LogP contribution in [-0.2, 0) is 6.42 Å². The summed E-state index contributed by atoms with van der Waals surface area (Å²) in [4.78, 5) is 4.22. The molecule has 0 saturated heterocycles. The molecular formula is C16H19N3. The van der Waals surface area contributed by atoms with E-state index in [1.807, 2.05) is 19.3 Å². The Labute approximate surface area is 113 Å². The molecule has 0 radical (unpaired) electrons. The maximum absolute atomic E-state index is 6.10. The summed E-state index contributed by atoms with van der Waals surface area (Å²) in [7, 11) is 2.00. The van der Waals surface area contributed by atoms with Crippen LogP contribution in [0.15, 0.2) is 42.7 Å². The highest BCUT2D eigenvalue weighted by Crippen LogP contribution is 2.42. The first-order valence-electron chi connectivity index (χ1n) is 6.75. The monoisotopic (exact) mass is 253 g/mol. The van der Waals surface area contributed by atoms with Crippen LogP contribution in [0.1, 0.15) is 35.1 Å². The number of fused-ring (bicyclic) bond motifs is 1. The van der Waals surface area contributed by atoms with Gasteiger partial charge in [0.05, 0.1) is 0 Å². The van der Waals surface area contributed by atoms with Crippen molar-refractivity contribution in [2.45, 2.75) is 24.8 Å². The van der Waals surface area contributed by atoms with Crippen LogP contribution in [0, 0.1) is 0 Å². The van der Waals surface area contributed by atoms with Gasteiger partial charge in [-0.05, 0) is 37.1 Å². The number of benzene rings is 1. The highest BCUT2D eigenvalue weighted by Gasteiger charge is 2.30. The lowest BCUT2D eigenvalue weighted by atomic mass is 9.88. The largest absolute Gasteiger partial charge is 0.398 e. The molecule has 2 aromatic rings. The number of rotatable bonds is 3. The van der Waals surface area contributed by atoms with Gasteiger partial charge in [-0.25, -0.2) is 0 Å². The van der Waals surface area contributed by atoms with Crippen LogP contribution in [0.2, 0.25) is 0 Å². The average Bonchev–Trinajstić information content (AvgIpc) is 2.86. The summed E-state index contributed by atoms with van der Waals surface area (Å²) < 4.78 is 0. The smallest absolute Gasteiger partial charge is 0.0423 e. The fourth-order valence-corrected chi connectivity index (χ4v) is 3.19. The van der Waals surface area contributed by atoms with Gasteiger partial charge in [-0.15, -0.1) is 0 Å². The number of hydrogen-bond donors (Lipinski definition) is 2. The highest BCUT2D eigenvalue weighted by atomic mass is 14.9. The Morgan fingerprint density at radius 1 is 1.32 bits per heavy atom. The molecule has 1 heterocycles. The molecule has 0 amide bonds. The minimum atomic E-state index is 0.234. The van der Waals surface area contributed by atoms with Crippen LogP contribution in [0.25, 0.3) is 0 Å². The number of pyridine rings is 1. The van der Waals surface area contributed by atoms with Gasteiger partial charge in [-0.3, -0.25) is 4.98 Å². The normalized spacial score (nSPS) is 19.1. The van der Waals surface area contributed by atoms with Crippen LogP contribution in [0.5, 0.6) is 0 Å². The van der Waals surface area contributed by atoms with Gasteiger partial charge in [-0.2, -0.15) is 0 Å². The van der Waals surface area contributed by atoms with Crippen molar-refractivity contribution >= 4 is 5.69 Å². The quantitative estimate of drug-likeness (QED) is 0.884. The molecule has 0 saturated carbocycles. The Hall–Kier alpha value is -1.87. The fraction of sp³-hybridized carbons (Fsp3) is 0.312. The summed E-state index contributed by atoms with van der Waals surface area (Å²) in [6.07, 6.45) is 5.95. The predicted molar refractivity (Wildman–Crippen MR) is 78.0 cm³/mol. The van der Waals surface area contributed by atoms with Gasteiger partial charge in [0, 0.05) is 35.6 Å². The van der Waals surface area contributed by atoms with Crippen molar-refractivity contribution in [2.75, 3.05) is 12.8 Å². The summed E-state index contributed by atoms with van der Waals surface area (Å²) in [6, 6.07) is 10.8. The molecule has 0 fully saturated rings. The number of aryl methyl sites for hydroxylation is 1. The number of aromatic nitrogens is 1. The van der Waals surface area contributed by atoms with Crippen LogP contribution in [0.4, 0.5) is 5.69 Å². The van der Waals surface area contributed by atoms with E-state index in [0.29, 0.717) is 5.92 Å². The zero-order valence-electron chi connectivity index (χ0n) is 11.1. The standard InChI is InChI=1S/C16H19N3/c1-18-16(14-10-19-9-8-15(14)17)13-7-6-11-4-2-3-5-12(11)13/h2-5,8-10,13,16,18H,6-7H2,1H3,(H2,17,19). The number of nitrogens with one attached hydrogen (secondary N) is 1. The molecule has 1 aromatic carbocycles. The number of nitrogen functional groups attached to an aromatic ring is 1. The van der Waals surface area contributed by atoms with Crippen molar-refractivity contribution in [3.8, 4) is 0 Å². The number of hydrogen-bond acceptors (Lipinski definition) is 3. The molecule has 0 bridgehead atoms. The lowest BCUT2D eigenvalue weighted by Gasteiger charge is -2.25. The van der Waals surface area contributed by atoms with Crippen LogP contribution in [-0.4, -0.2) is 12.0 Å². The SMILES string of the molecule is CNC(c1cnccc1N)C1CCc2ccccc21. The van der Waals surface area contributed by atoms with Gasteiger partial charge in [0.15, 0.2) is 0 Å². The number of likely N-dealkylation sites (N-methyl/N-ethyl adjacent to an activating group) is 1. The first-order chi connectivity index (χ1) is 9.31. The van der Waals surface area contributed by atoms with Crippen LogP contribution in [0.3, 0.4) is 0 Å². The summed E-state index contributed by atoms with van der Waals surface area (Å²) in [5, 5.41) is 3.42. The van der Waals surface area contributed by atoms with E-state index in [1.165, 1.54) is 17.5 Å². The van der Waals surface area contributed by atoms with Crippen LogP contribution < -0.4 is 11.1 Å². The second-order valence-corrected chi connectivity index (χ2v) is 5.11. The Morgan fingerprint density at radius 2 is 2.16 bits per heavy atom. The zero-order valence-corrected chi connectivity index (χ0v) is 11.1. The van der Waals surface area contributed by atoms with E-state index < -0.39 is 0 Å². The van der Waals surface area contributed by atoms with Crippen molar-refractivity contribution < 1.29 is 0 Å². The lowest BCUT2D eigenvalue weighted by molar-refractivity contribution is 0.477. The second-order valence-electron chi connectivity index (χ2n) is 5.11. The van der Waals surface area contributed by atoms with Gasteiger partial charge in [0.1, 0.15) is 0 Å². The van der Waals surface area contributed by atoms with Gasteiger partial charge in [0.2, 0.25) is 0 Å². The molecule has 1 aromatic heterocycles. The van der Waals surface area contributed by atoms with E-state index in [1.54, 1.807) is 6.20 Å². The molecular weight excluding hydrogens is 234 g/mol. The number of nitrogens with zero attached hydrogens (tertiary/aromatic N) is 1. The van der Waals surface area contributed by atoms with Crippen molar-refractivity contribution in [1.82, 2.24) is 10.3 Å². The molecule has 3 heteroatoms. The third-order valence-electron chi connectivity index (χ3n) is 4.11. The molecule has 1 aliphatic rings. The van der Waals surface area contributed by atoms with E-state index in [9.17, 15) is 0 Å². The van der Waals surface area contributed by atoms with Gasteiger partial charge < -0.3 is 11.1 Å². The first kappa shape index (κ1) is 12.2. The number of nitrogens with two attached hydrogens (primary N) is 1. The van der Waals surface area contributed by atoms with E-state index >= 15 is 0 Å². The van der Waals surface area contributed by atoms with Gasteiger partial charge in [0.25, 0.3) is 0 Å². The van der Waals surface area contributed by atoms with Crippen molar-refractivity contribution in [2.24, 2.45) is 0 Å². The van der Waals surface area contributed by atoms with Crippen molar-refractivity contribution in [3.05, 3.63) is 59.4 Å². The predicted octanol–water partition coefficient (Wildman–Crippen LogP) is 2.65. The Balaban J connectivity index is 1.99.